The van der Waals surface area contributed by atoms with Crippen LogP contribution in [0.5, 0.6) is 0 Å². The number of nitrogens with zero attached hydrogens (tertiary/aromatic N) is 3. The number of benzene rings is 1. The molecule has 2 amide bonds. The largest absolute Gasteiger partial charge is 0.352 e. The first-order valence-corrected chi connectivity index (χ1v) is 10.6. The quantitative estimate of drug-likeness (QED) is 0.491. The van der Waals surface area contributed by atoms with Crippen molar-refractivity contribution in [1.29, 1.82) is 0 Å². The maximum Gasteiger partial charge on any atom is 0.275 e. The second-order valence-corrected chi connectivity index (χ2v) is 8.60. The third-order valence-electron chi connectivity index (χ3n) is 5.84. The highest BCUT2D eigenvalue weighted by Crippen LogP contribution is 2.44. The summed E-state index contributed by atoms with van der Waals surface area (Å²) in [7, 11) is 0. The van der Waals surface area contributed by atoms with Gasteiger partial charge in [-0.05, 0) is 41.6 Å². The van der Waals surface area contributed by atoms with Crippen LogP contribution in [0.1, 0.15) is 65.6 Å². The van der Waals surface area contributed by atoms with Gasteiger partial charge < -0.3 is 15.6 Å². The molecule has 168 valence electrons. The molecule has 0 saturated heterocycles. The van der Waals surface area contributed by atoms with E-state index in [0.717, 1.165) is 29.4 Å². The van der Waals surface area contributed by atoms with E-state index in [4.69, 9.17) is 4.63 Å². The average molecular weight is 444 g/mol. The van der Waals surface area contributed by atoms with E-state index in [9.17, 15) is 18.4 Å². The Morgan fingerprint density at radius 2 is 1.97 bits per heavy atom. The van der Waals surface area contributed by atoms with Crippen LogP contribution in [-0.4, -0.2) is 38.0 Å². The normalized spacial score (nSPS) is 17.8. The van der Waals surface area contributed by atoms with Crippen LogP contribution in [0, 0.1) is 5.92 Å². The summed E-state index contributed by atoms with van der Waals surface area (Å²) in [5.74, 6) is -2.62. The van der Waals surface area contributed by atoms with Crippen molar-refractivity contribution in [2.45, 2.75) is 57.0 Å². The molecule has 0 unspecified atom stereocenters. The van der Waals surface area contributed by atoms with Gasteiger partial charge in [-0.2, -0.15) is 0 Å². The second kappa shape index (κ2) is 7.95. The number of aromatic amines is 1. The van der Waals surface area contributed by atoms with Crippen molar-refractivity contribution in [3.8, 4) is 0 Å². The molecule has 11 heteroatoms. The summed E-state index contributed by atoms with van der Waals surface area (Å²) in [5, 5.41) is 13.1. The van der Waals surface area contributed by atoms with Crippen molar-refractivity contribution in [1.82, 2.24) is 30.9 Å². The van der Waals surface area contributed by atoms with Gasteiger partial charge in [-0.3, -0.25) is 9.59 Å². The van der Waals surface area contributed by atoms with E-state index in [2.05, 4.69) is 30.9 Å². The Kier molecular flexibility index (Phi) is 5.10. The predicted molar refractivity (Wildman–Crippen MR) is 108 cm³/mol. The SMILES string of the molecule is O=C(CC1CC(F)(F)C1)NCc1ccc2nc(CNC(=O)c3nonc3C3CC3)[nH]c2c1. The molecule has 0 bridgehead atoms. The lowest BCUT2D eigenvalue weighted by Gasteiger charge is -2.34. The van der Waals surface area contributed by atoms with Gasteiger partial charge in [-0.15, -0.1) is 0 Å². The van der Waals surface area contributed by atoms with Crippen molar-refractivity contribution in [3.63, 3.8) is 0 Å². The Morgan fingerprint density at radius 3 is 2.72 bits per heavy atom. The standard InChI is InChI=1S/C21H22F2N6O3/c22-21(23)7-12(8-21)6-17(30)24-9-11-1-4-14-15(5-11)27-16(26-14)10-25-20(31)19-18(13-2-3-13)28-32-29-19/h1,4-5,12-13H,2-3,6-10H2,(H,24,30)(H,25,31)(H,26,27). The number of alkyl halides is 2. The fourth-order valence-corrected chi connectivity index (χ4v) is 3.99. The first kappa shape index (κ1) is 20.5. The van der Waals surface area contributed by atoms with E-state index < -0.39 is 5.92 Å². The molecule has 32 heavy (non-hydrogen) atoms. The molecule has 2 aliphatic carbocycles. The average Bonchev–Trinajstić information content (AvgIpc) is 3.31. The van der Waals surface area contributed by atoms with Crippen LogP contribution in [0.3, 0.4) is 0 Å². The van der Waals surface area contributed by atoms with Crippen LogP contribution < -0.4 is 10.6 Å². The number of aromatic nitrogens is 4. The fraction of sp³-hybridized carbons (Fsp3) is 0.476. The van der Waals surface area contributed by atoms with E-state index >= 15 is 0 Å². The highest BCUT2D eigenvalue weighted by atomic mass is 19.3. The molecule has 3 aromatic rings. The van der Waals surface area contributed by atoms with Crippen LogP contribution in [0.25, 0.3) is 11.0 Å². The third-order valence-corrected chi connectivity index (χ3v) is 5.84. The number of fused-ring (bicyclic) bond motifs is 1. The van der Waals surface area contributed by atoms with Crippen molar-refractivity contribution in [2.75, 3.05) is 0 Å². The topological polar surface area (TPSA) is 126 Å². The Labute approximate surface area is 181 Å². The molecule has 0 radical (unpaired) electrons. The highest BCUT2D eigenvalue weighted by Gasteiger charge is 2.45. The molecular formula is C21H22F2N6O3. The molecule has 0 aliphatic heterocycles. The minimum atomic E-state index is -2.61. The minimum absolute atomic E-state index is 0.120. The number of nitrogens with one attached hydrogen (secondary N) is 3. The van der Waals surface area contributed by atoms with Crippen molar-refractivity contribution in [3.05, 3.63) is 41.0 Å². The molecule has 9 nitrogen and oxygen atoms in total. The summed E-state index contributed by atoms with van der Waals surface area (Å²) >= 11 is 0. The van der Waals surface area contributed by atoms with Crippen LogP contribution in [0.15, 0.2) is 22.8 Å². The van der Waals surface area contributed by atoms with E-state index in [1.807, 2.05) is 18.2 Å². The molecule has 3 N–H and O–H groups in total. The van der Waals surface area contributed by atoms with E-state index in [1.54, 1.807) is 0 Å². The molecule has 2 heterocycles. The predicted octanol–water partition coefficient (Wildman–Crippen LogP) is 2.80. The van der Waals surface area contributed by atoms with Crippen molar-refractivity contribution >= 4 is 22.8 Å². The smallest absolute Gasteiger partial charge is 0.275 e. The van der Waals surface area contributed by atoms with Crippen LogP contribution >= 0.6 is 0 Å². The van der Waals surface area contributed by atoms with E-state index in [1.165, 1.54) is 0 Å². The Balaban J connectivity index is 1.15. The lowest BCUT2D eigenvalue weighted by atomic mass is 9.79. The van der Waals surface area contributed by atoms with E-state index in [0.29, 0.717) is 18.1 Å². The molecule has 1 aromatic carbocycles. The lowest BCUT2D eigenvalue weighted by molar-refractivity contribution is -0.133. The maximum atomic E-state index is 12.9. The van der Waals surface area contributed by atoms with Crippen molar-refractivity contribution in [2.24, 2.45) is 5.92 Å². The number of hydrogen-bond donors (Lipinski definition) is 3. The number of halogens is 2. The number of carbonyl (C=O) groups is 2. The minimum Gasteiger partial charge on any atom is -0.352 e. The Hall–Kier alpha value is -3.37. The van der Waals surface area contributed by atoms with Crippen LogP contribution in [0.2, 0.25) is 0 Å². The summed E-state index contributed by atoms with van der Waals surface area (Å²) in [6.45, 7) is 0.481. The number of imidazole rings is 1. The monoisotopic (exact) mass is 444 g/mol. The van der Waals surface area contributed by atoms with Crippen molar-refractivity contribution < 1.29 is 23.0 Å². The van der Waals surface area contributed by atoms with Crippen LogP contribution in [0.4, 0.5) is 8.78 Å². The summed E-state index contributed by atoms with van der Waals surface area (Å²) in [6, 6.07) is 5.52. The third kappa shape index (κ3) is 4.46. The zero-order valence-electron chi connectivity index (χ0n) is 17.2. The number of carbonyl (C=O) groups excluding carboxylic acids is 2. The second-order valence-electron chi connectivity index (χ2n) is 8.60. The lowest BCUT2D eigenvalue weighted by Crippen LogP contribution is -2.38. The molecule has 0 atom stereocenters. The first-order chi connectivity index (χ1) is 15.4. The summed E-state index contributed by atoms with van der Waals surface area (Å²) in [5.41, 5.74) is 3.16. The molecule has 2 aliphatic rings. The van der Waals surface area contributed by atoms with Gasteiger partial charge in [0.1, 0.15) is 11.5 Å². The number of amides is 2. The van der Waals surface area contributed by atoms with Gasteiger partial charge in [-0.25, -0.2) is 18.4 Å². The van der Waals surface area contributed by atoms with Gasteiger partial charge in [0.15, 0.2) is 5.69 Å². The number of H-pyrrole nitrogens is 1. The Morgan fingerprint density at radius 1 is 1.16 bits per heavy atom. The van der Waals surface area contributed by atoms with Gasteiger partial charge in [-0.1, -0.05) is 11.2 Å². The van der Waals surface area contributed by atoms with E-state index in [-0.39, 0.29) is 55.2 Å². The molecule has 2 fully saturated rings. The first-order valence-electron chi connectivity index (χ1n) is 10.6. The number of hydrogen-bond acceptors (Lipinski definition) is 6. The molecule has 5 rings (SSSR count). The number of rotatable bonds is 8. The zero-order chi connectivity index (χ0) is 22.3. The summed E-state index contributed by atoms with van der Waals surface area (Å²) in [4.78, 5) is 32.0. The maximum absolute atomic E-state index is 12.9. The fourth-order valence-electron chi connectivity index (χ4n) is 3.99. The molecular weight excluding hydrogens is 422 g/mol. The van der Waals surface area contributed by atoms with Crippen LogP contribution in [-0.2, 0) is 17.9 Å². The zero-order valence-corrected chi connectivity index (χ0v) is 17.2. The summed E-state index contributed by atoms with van der Waals surface area (Å²) < 4.78 is 30.5. The molecule has 2 saturated carbocycles. The molecule has 0 spiro atoms. The van der Waals surface area contributed by atoms with Gasteiger partial charge in [0.25, 0.3) is 5.91 Å². The Bertz CT molecular complexity index is 1160. The van der Waals surface area contributed by atoms with Gasteiger partial charge in [0.2, 0.25) is 11.8 Å². The summed E-state index contributed by atoms with van der Waals surface area (Å²) in [6.07, 6.45) is 1.66. The molecule has 2 aromatic heterocycles. The van der Waals surface area contributed by atoms with Gasteiger partial charge >= 0.3 is 0 Å². The van der Waals surface area contributed by atoms with Gasteiger partial charge in [0.05, 0.1) is 17.6 Å². The van der Waals surface area contributed by atoms with Gasteiger partial charge in [0, 0.05) is 31.7 Å². The highest BCUT2D eigenvalue weighted by molar-refractivity contribution is 5.93.